The van der Waals surface area contributed by atoms with Crippen LogP contribution in [0.25, 0.3) is 133 Å². The van der Waals surface area contributed by atoms with E-state index in [0.717, 1.165) is 127 Å². The predicted octanol–water partition coefficient (Wildman–Crippen LogP) is 18.0. The summed E-state index contributed by atoms with van der Waals surface area (Å²) in [7, 11) is 0. The van der Waals surface area contributed by atoms with E-state index in [1.54, 1.807) is 0 Å². The number of furan rings is 1. The minimum atomic E-state index is 0.538. The second-order valence-corrected chi connectivity index (χ2v) is 18.3. The molecular formula is C67H41N3O. The molecule has 4 heteroatoms. The predicted molar refractivity (Wildman–Crippen MR) is 294 cm³/mol. The molecule has 0 radical (unpaired) electrons. The van der Waals surface area contributed by atoms with Crippen LogP contribution in [-0.4, -0.2) is 9.13 Å². The van der Waals surface area contributed by atoms with Crippen molar-refractivity contribution in [2.45, 2.75) is 0 Å². The average Bonchev–Trinajstić information content (AvgIpc) is 4.10. The van der Waals surface area contributed by atoms with Gasteiger partial charge in [0.05, 0.1) is 39.0 Å². The molecule has 14 aromatic rings. The first-order valence-electron chi connectivity index (χ1n) is 24.1. The number of hydrogen-bond donors (Lipinski definition) is 0. The van der Waals surface area contributed by atoms with Gasteiger partial charge in [-0.25, -0.2) is 0 Å². The number of benzene rings is 11. The molecule has 330 valence electrons. The maximum atomic E-state index is 12.0. The minimum Gasteiger partial charge on any atom is -0.455 e. The first-order valence-corrected chi connectivity index (χ1v) is 24.1. The first kappa shape index (κ1) is 40.4. The van der Waals surface area contributed by atoms with Crippen molar-refractivity contribution >= 4 is 65.6 Å². The molecule has 11 aromatic carbocycles. The summed E-state index contributed by atoms with van der Waals surface area (Å²) in [5.41, 5.74) is 18.7. The fourth-order valence-electron chi connectivity index (χ4n) is 11.1. The molecule has 71 heavy (non-hydrogen) atoms. The maximum Gasteiger partial charge on any atom is 0.143 e. The lowest BCUT2D eigenvalue weighted by Gasteiger charge is -2.19. The van der Waals surface area contributed by atoms with E-state index in [1.807, 2.05) is 6.07 Å². The van der Waals surface area contributed by atoms with Crippen molar-refractivity contribution in [3.05, 3.63) is 254 Å². The molecule has 0 fully saturated rings. The van der Waals surface area contributed by atoms with Crippen LogP contribution in [0.1, 0.15) is 5.56 Å². The van der Waals surface area contributed by atoms with Gasteiger partial charge in [-0.2, -0.15) is 5.26 Å². The van der Waals surface area contributed by atoms with Crippen molar-refractivity contribution in [1.82, 2.24) is 9.13 Å². The molecule has 0 saturated carbocycles. The zero-order valence-electron chi connectivity index (χ0n) is 38.4. The Balaban J connectivity index is 1.15. The number of nitriles is 1. The zero-order valence-corrected chi connectivity index (χ0v) is 38.4. The van der Waals surface area contributed by atoms with Crippen LogP contribution >= 0.6 is 0 Å². The Bertz CT molecular complexity index is 4230. The number of rotatable bonds is 7. The molecule has 0 amide bonds. The van der Waals surface area contributed by atoms with E-state index in [1.165, 1.54) is 0 Å². The monoisotopic (exact) mass is 903 g/mol. The van der Waals surface area contributed by atoms with Gasteiger partial charge in [-0.3, -0.25) is 0 Å². The van der Waals surface area contributed by atoms with Gasteiger partial charge >= 0.3 is 0 Å². The minimum absolute atomic E-state index is 0.538. The lowest BCUT2D eigenvalue weighted by atomic mass is 9.99. The molecule has 0 aliphatic carbocycles. The van der Waals surface area contributed by atoms with Gasteiger partial charge in [-0.05, 0) is 98.6 Å². The Hall–Kier alpha value is -9.69. The second kappa shape index (κ2) is 16.2. The summed E-state index contributed by atoms with van der Waals surface area (Å²) in [5.74, 6) is 0. The summed E-state index contributed by atoms with van der Waals surface area (Å²) in [6, 6.07) is 91.1. The van der Waals surface area contributed by atoms with Gasteiger partial charge in [-0.15, -0.1) is 0 Å². The van der Waals surface area contributed by atoms with Crippen molar-refractivity contribution in [1.29, 1.82) is 5.26 Å². The van der Waals surface area contributed by atoms with E-state index in [-0.39, 0.29) is 0 Å². The molecule has 0 atom stereocenters. The topological polar surface area (TPSA) is 46.8 Å². The third-order valence-electron chi connectivity index (χ3n) is 14.4. The van der Waals surface area contributed by atoms with Gasteiger partial charge in [-0.1, -0.05) is 194 Å². The third kappa shape index (κ3) is 6.45. The molecule has 0 bridgehead atoms. The smallest absolute Gasteiger partial charge is 0.143 e. The molecule has 0 unspecified atom stereocenters. The number of fused-ring (bicyclic) bond motifs is 9. The molecule has 0 N–H and O–H groups in total. The molecule has 14 rings (SSSR count). The Morgan fingerprint density at radius 3 is 1.10 bits per heavy atom. The highest BCUT2D eigenvalue weighted by atomic mass is 16.3. The van der Waals surface area contributed by atoms with Gasteiger partial charge in [0.15, 0.2) is 0 Å². The number of para-hydroxylation sites is 1. The average molecular weight is 904 g/mol. The van der Waals surface area contributed by atoms with Gasteiger partial charge in [0.2, 0.25) is 0 Å². The molecule has 0 saturated heterocycles. The summed E-state index contributed by atoms with van der Waals surface area (Å²) in [6.07, 6.45) is 0. The number of hydrogen-bond acceptors (Lipinski definition) is 2. The van der Waals surface area contributed by atoms with E-state index in [9.17, 15) is 5.26 Å². The molecular weight excluding hydrogens is 863 g/mol. The number of nitrogens with zero attached hydrogens (tertiary/aromatic N) is 3. The fourth-order valence-corrected chi connectivity index (χ4v) is 11.1. The summed E-state index contributed by atoms with van der Waals surface area (Å²) in [6.45, 7) is 0. The fraction of sp³-hybridized carbons (Fsp3) is 0. The van der Waals surface area contributed by atoms with Crippen LogP contribution in [0.4, 0.5) is 0 Å². The van der Waals surface area contributed by atoms with Crippen LogP contribution < -0.4 is 0 Å². The van der Waals surface area contributed by atoms with Crippen LogP contribution in [0.2, 0.25) is 0 Å². The van der Waals surface area contributed by atoms with E-state index in [2.05, 4.69) is 258 Å². The Morgan fingerprint density at radius 1 is 0.324 bits per heavy atom. The molecule has 0 aliphatic rings. The van der Waals surface area contributed by atoms with E-state index in [4.69, 9.17) is 4.42 Å². The second-order valence-electron chi connectivity index (χ2n) is 18.3. The quantitative estimate of drug-likeness (QED) is 0.160. The van der Waals surface area contributed by atoms with Crippen molar-refractivity contribution in [3.8, 4) is 73.1 Å². The molecule has 0 spiro atoms. The zero-order chi connectivity index (χ0) is 47.0. The molecule has 3 heterocycles. The van der Waals surface area contributed by atoms with Crippen molar-refractivity contribution in [3.63, 3.8) is 0 Å². The number of aromatic nitrogens is 2. The van der Waals surface area contributed by atoms with Crippen LogP contribution in [-0.2, 0) is 0 Å². The van der Waals surface area contributed by atoms with Crippen LogP contribution in [0.5, 0.6) is 0 Å². The van der Waals surface area contributed by atoms with Gasteiger partial charge in [0.25, 0.3) is 0 Å². The lowest BCUT2D eigenvalue weighted by molar-refractivity contribution is 0.669. The van der Waals surface area contributed by atoms with Gasteiger partial charge in [0, 0.05) is 43.9 Å². The summed E-state index contributed by atoms with van der Waals surface area (Å²) in [5, 5.41) is 18.1. The van der Waals surface area contributed by atoms with Crippen molar-refractivity contribution in [2.24, 2.45) is 0 Å². The molecule has 0 aliphatic heterocycles. The Labute approximate surface area is 409 Å². The van der Waals surface area contributed by atoms with E-state index < -0.39 is 0 Å². The lowest BCUT2D eigenvalue weighted by Crippen LogP contribution is -2.06. The maximum absolute atomic E-state index is 12.0. The standard InChI is InChI=1S/C67H41N3O/c68-42-58-65-53-28-16-27-52(47-25-14-5-15-26-47)67(53)71-64(65)41-63(69-59-33-29-48(43-17-6-1-7-18-43)37-54(59)55-38-49(30-34-60(55)69)44-19-8-2-9-20-44)66(58)70-61-35-31-50(45-21-10-3-11-22-45)39-56(61)57-40-51(32-36-62(57)70)46-23-12-4-13-24-46/h1-41H. The van der Waals surface area contributed by atoms with Crippen LogP contribution in [0.15, 0.2) is 253 Å². The third-order valence-corrected chi connectivity index (χ3v) is 14.4. The van der Waals surface area contributed by atoms with Crippen LogP contribution in [0, 0.1) is 11.3 Å². The Kier molecular flexibility index (Phi) is 9.23. The van der Waals surface area contributed by atoms with Gasteiger partial charge in [0.1, 0.15) is 17.2 Å². The first-order chi connectivity index (χ1) is 35.2. The highest BCUT2D eigenvalue weighted by molar-refractivity contribution is 6.18. The van der Waals surface area contributed by atoms with E-state index >= 15 is 0 Å². The summed E-state index contributed by atoms with van der Waals surface area (Å²) in [4.78, 5) is 0. The van der Waals surface area contributed by atoms with E-state index in [0.29, 0.717) is 11.1 Å². The molecule has 3 aromatic heterocycles. The largest absolute Gasteiger partial charge is 0.455 e. The normalized spacial score (nSPS) is 11.6. The summed E-state index contributed by atoms with van der Waals surface area (Å²) < 4.78 is 11.8. The summed E-state index contributed by atoms with van der Waals surface area (Å²) >= 11 is 0. The highest BCUT2D eigenvalue weighted by Crippen LogP contribution is 2.47. The SMILES string of the molecule is N#Cc1c(-n2c3ccc(-c4ccccc4)cc3c3cc(-c4ccccc4)ccc32)c(-n2c3ccc(-c4ccccc4)cc3c3cc(-c4ccccc4)ccc32)cc2oc3c(-c4ccccc4)cccc3c12. The Morgan fingerprint density at radius 2 is 0.704 bits per heavy atom. The van der Waals surface area contributed by atoms with Crippen molar-refractivity contribution in [2.75, 3.05) is 0 Å². The van der Waals surface area contributed by atoms with Crippen molar-refractivity contribution < 1.29 is 4.42 Å². The van der Waals surface area contributed by atoms with Gasteiger partial charge < -0.3 is 13.6 Å². The van der Waals surface area contributed by atoms with Crippen LogP contribution in [0.3, 0.4) is 0 Å². The highest BCUT2D eigenvalue weighted by Gasteiger charge is 2.28. The molecule has 4 nitrogen and oxygen atoms in total.